The number of alkyl halides is 3. The van der Waals surface area contributed by atoms with E-state index in [-0.39, 0.29) is 18.0 Å². The van der Waals surface area contributed by atoms with E-state index in [9.17, 15) is 18.0 Å². The molecule has 10 heteroatoms. The predicted molar refractivity (Wildman–Crippen MR) is 80.8 cm³/mol. The third-order valence-electron chi connectivity index (χ3n) is 4.16. The number of carbonyl (C=O) groups excluding carboxylic acids is 1. The smallest absolute Gasteiger partial charge is 0.381 e. The molecule has 3 heterocycles. The summed E-state index contributed by atoms with van der Waals surface area (Å²) in [5.41, 5.74) is -0.0154. The molecule has 1 atom stereocenters. The summed E-state index contributed by atoms with van der Waals surface area (Å²) in [5.74, 6) is -0.355. The fourth-order valence-electron chi connectivity index (χ4n) is 2.96. The van der Waals surface area contributed by atoms with Crippen LogP contribution in [0.25, 0.3) is 0 Å². The molecule has 0 spiro atoms. The van der Waals surface area contributed by atoms with Crippen molar-refractivity contribution in [2.45, 2.75) is 25.1 Å². The third kappa shape index (κ3) is 3.53. The van der Waals surface area contributed by atoms with Gasteiger partial charge in [0, 0.05) is 44.9 Å². The Labute approximate surface area is 141 Å². The van der Waals surface area contributed by atoms with Gasteiger partial charge in [0.2, 0.25) is 0 Å². The van der Waals surface area contributed by atoms with Crippen molar-refractivity contribution < 1.29 is 22.7 Å². The Morgan fingerprint density at radius 2 is 2.28 bits per heavy atom. The second-order valence-corrected chi connectivity index (χ2v) is 6.09. The molecule has 0 bridgehead atoms. The van der Waals surface area contributed by atoms with Crippen molar-refractivity contribution >= 4 is 5.91 Å². The van der Waals surface area contributed by atoms with E-state index in [1.54, 1.807) is 0 Å². The van der Waals surface area contributed by atoms with Crippen LogP contribution < -0.4 is 0 Å². The van der Waals surface area contributed by atoms with Crippen LogP contribution in [0.1, 0.15) is 39.6 Å². The first-order valence-corrected chi connectivity index (χ1v) is 7.73. The maximum absolute atomic E-state index is 13.0. The Balaban J connectivity index is 1.80. The van der Waals surface area contributed by atoms with Gasteiger partial charge >= 0.3 is 6.18 Å². The summed E-state index contributed by atoms with van der Waals surface area (Å²) in [5, 5.41) is 10.2. The first-order valence-electron chi connectivity index (χ1n) is 7.73. The summed E-state index contributed by atoms with van der Waals surface area (Å²) in [7, 11) is 2.87. The zero-order valence-electron chi connectivity index (χ0n) is 13.8. The molecule has 0 aliphatic carbocycles. The highest BCUT2D eigenvalue weighted by molar-refractivity contribution is 5.95. The highest BCUT2D eigenvalue weighted by atomic mass is 19.4. The van der Waals surface area contributed by atoms with E-state index in [4.69, 9.17) is 4.74 Å². The Bertz CT molecular complexity index is 762. The Morgan fingerprint density at radius 1 is 1.52 bits per heavy atom. The molecule has 1 aliphatic heterocycles. The van der Waals surface area contributed by atoms with Crippen LogP contribution in [0.4, 0.5) is 13.2 Å². The molecule has 1 aliphatic rings. The minimum Gasteiger partial charge on any atom is -0.381 e. The second kappa shape index (κ2) is 6.51. The van der Waals surface area contributed by atoms with Gasteiger partial charge in [-0.3, -0.25) is 14.6 Å². The molecule has 2 aromatic rings. The van der Waals surface area contributed by atoms with E-state index in [1.807, 2.05) is 0 Å². The zero-order chi connectivity index (χ0) is 18.2. The van der Waals surface area contributed by atoms with Crippen LogP contribution in [0.5, 0.6) is 0 Å². The first-order chi connectivity index (χ1) is 11.8. The quantitative estimate of drug-likeness (QED) is 0.907. The van der Waals surface area contributed by atoms with Gasteiger partial charge in [-0.2, -0.15) is 23.4 Å². The monoisotopic (exact) mass is 357 g/mol. The molecule has 1 saturated heterocycles. The van der Waals surface area contributed by atoms with Crippen LogP contribution in [0, 0.1) is 0 Å². The normalized spacial score (nSPS) is 17.9. The molecule has 1 fully saturated rings. The van der Waals surface area contributed by atoms with Gasteiger partial charge in [-0.15, -0.1) is 0 Å². The van der Waals surface area contributed by atoms with Gasteiger partial charge in [0.1, 0.15) is 0 Å². The average molecular weight is 357 g/mol. The lowest BCUT2D eigenvalue weighted by Crippen LogP contribution is -2.28. The van der Waals surface area contributed by atoms with Crippen molar-refractivity contribution in [2.24, 2.45) is 7.05 Å². The molecule has 1 amide bonds. The number of hydrogen-bond donors (Lipinski definition) is 1. The van der Waals surface area contributed by atoms with Gasteiger partial charge < -0.3 is 9.64 Å². The molecule has 0 aromatic carbocycles. The van der Waals surface area contributed by atoms with Crippen LogP contribution in [-0.4, -0.2) is 51.0 Å². The van der Waals surface area contributed by atoms with Crippen molar-refractivity contribution in [3.05, 3.63) is 34.9 Å². The summed E-state index contributed by atoms with van der Waals surface area (Å²) < 4.78 is 45.6. The van der Waals surface area contributed by atoms with Crippen LogP contribution in [-0.2, 0) is 24.5 Å². The average Bonchev–Trinajstić information content (AvgIpc) is 3.25. The molecule has 3 rings (SSSR count). The molecule has 1 unspecified atom stereocenters. The van der Waals surface area contributed by atoms with Crippen LogP contribution in [0.2, 0.25) is 0 Å². The summed E-state index contributed by atoms with van der Waals surface area (Å²) >= 11 is 0. The number of aromatic nitrogens is 4. The molecule has 0 radical (unpaired) electrons. The minimum absolute atomic E-state index is 0.0407. The Morgan fingerprint density at radius 3 is 2.92 bits per heavy atom. The van der Waals surface area contributed by atoms with Gasteiger partial charge in [0.25, 0.3) is 5.91 Å². The van der Waals surface area contributed by atoms with E-state index in [2.05, 4.69) is 15.3 Å². The minimum atomic E-state index is -4.57. The maximum Gasteiger partial charge on any atom is 0.435 e. The molecule has 7 nitrogen and oxygen atoms in total. The van der Waals surface area contributed by atoms with Crippen LogP contribution >= 0.6 is 0 Å². The number of rotatable bonds is 4. The summed E-state index contributed by atoms with van der Waals surface area (Å²) in [6.45, 7) is 0.901. The van der Waals surface area contributed by atoms with Crippen LogP contribution in [0.15, 0.2) is 12.4 Å². The van der Waals surface area contributed by atoms with Crippen molar-refractivity contribution in [3.63, 3.8) is 0 Å². The zero-order valence-corrected chi connectivity index (χ0v) is 13.8. The highest BCUT2D eigenvalue weighted by Gasteiger charge is 2.37. The lowest BCUT2D eigenvalue weighted by Gasteiger charge is -2.18. The number of nitrogens with one attached hydrogen (secondary N) is 1. The Hall–Kier alpha value is -2.36. The highest BCUT2D eigenvalue weighted by Crippen LogP contribution is 2.31. The van der Waals surface area contributed by atoms with Crippen molar-refractivity contribution in [1.82, 2.24) is 24.9 Å². The van der Waals surface area contributed by atoms with Gasteiger partial charge in [-0.1, -0.05) is 0 Å². The molecule has 0 saturated carbocycles. The van der Waals surface area contributed by atoms with Gasteiger partial charge in [-0.05, 0) is 6.42 Å². The van der Waals surface area contributed by atoms with Gasteiger partial charge in [-0.25, -0.2) is 0 Å². The van der Waals surface area contributed by atoms with Crippen LogP contribution in [0.3, 0.4) is 0 Å². The number of halogens is 3. The lowest BCUT2D eigenvalue weighted by molar-refractivity contribution is -0.142. The number of ether oxygens (including phenoxy) is 1. The second-order valence-electron chi connectivity index (χ2n) is 6.09. The standard InChI is InChI=1S/C15H18F3N5O2/c1-22(6-10-7-23(2)21-13(10)15(16,17)18)14(24)11-5-19-20-12(11)9-3-4-25-8-9/h5,7,9H,3-4,6,8H2,1-2H3,(H,19,20). The van der Waals surface area contributed by atoms with Crippen molar-refractivity contribution in [3.8, 4) is 0 Å². The summed E-state index contributed by atoms with van der Waals surface area (Å²) in [4.78, 5) is 13.9. The van der Waals surface area contributed by atoms with E-state index in [1.165, 1.54) is 31.4 Å². The summed E-state index contributed by atoms with van der Waals surface area (Å²) in [6, 6.07) is 0. The first kappa shape index (κ1) is 17.5. The number of H-pyrrole nitrogens is 1. The fraction of sp³-hybridized carbons (Fsp3) is 0.533. The number of aryl methyl sites for hydroxylation is 1. The fourth-order valence-corrected chi connectivity index (χ4v) is 2.96. The molecule has 25 heavy (non-hydrogen) atoms. The SMILES string of the molecule is CN(Cc1cn(C)nc1C(F)(F)F)C(=O)c1cn[nH]c1C1CCOC1. The molecule has 2 aromatic heterocycles. The Kier molecular flexibility index (Phi) is 4.55. The van der Waals surface area contributed by atoms with E-state index >= 15 is 0 Å². The topological polar surface area (TPSA) is 76.0 Å². The van der Waals surface area contributed by atoms with Gasteiger partial charge in [0.05, 0.1) is 24.1 Å². The molecule has 1 N–H and O–H groups in total. The molecular formula is C15H18F3N5O2. The number of hydrogen-bond acceptors (Lipinski definition) is 4. The molecule has 136 valence electrons. The number of carbonyl (C=O) groups is 1. The van der Waals surface area contributed by atoms with Gasteiger partial charge in [0.15, 0.2) is 5.69 Å². The third-order valence-corrected chi connectivity index (χ3v) is 4.16. The van der Waals surface area contributed by atoms with Crippen molar-refractivity contribution in [1.29, 1.82) is 0 Å². The summed E-state index contributed by atoms with van der Waals surface area (Å²) in [6.07, 6.45) is -1.12. The maximum atomic E-state index is 13.0. The predicted octanol–water partition coefficient (Wildman–Crippen LogP) is 1.94. The van der Waals surface area contributed by atoms with E-state index in [0.717, 1.165) is 11.1 Å². The van der Waals surface area contributed by atoms with Crippen molar-refractivity contribution in [2.75, 3.05) is 20.3 Å². The number of amides is 1. The van der Waals surface area contributed by atoms with E-state index in [0.29, 0.717) is 24.5 Å². The molecular weight excluding hydrogens is 339 g/mol. The number of nitrogens with zero attached hydrogens (tertiary/aromatic N) is 4. The van der Waals surface area contributed by atoms with E-state index < -0.39 is 17.8 Å². The lowest BCUT2D eigenvalue weighted by atomic mass is 10.0. The largest absolute Gasteiger partial charge is 0.435 e. The number of aromatic amines is 1.